The van der Waals surface area contributed by atoms with Crippen LogP contribution in [0.4, 0.5) is 0 Å². The molecule has 0 radical (unpaired) electrons. The fourth-order valence-corrected chi connectivity index (χ4v) is 3.93. The summed E-state index contributed by atoms with van der Waals surface area (Å²) in [6.07, 6.45) is 0. The Morgan fingerprint density at radius 3 is 2.35 bits per heavy atom. The van der Waals surface area contributed by atoms with Crippen molar-refractivity contribution in [1.82, 2.24) is 4.98 Å². The van der Waals surface area contributed by atoms with Gasteiger partial charge in [-0.15, -0.1) is 0 Å². The lowest BCUT2D eigenvalue weighted by atomic mass is 9.96. The van der Waals surface area contributed by atoms with Gasteiger partial charge in [0.15, 0.2) is 11.5 Å². The molecule has 6 heteroatoms. The molecule has 0 saturated heterocycles. The highest BCUT2D eigenvalue weighted by molar-refractivity contribution is 6.30. The third-order valence-corrected chi connectivity index (χ3v) is 5.52. The smallest absolute Gasteiger partial charge is 0.254 e. The predicted octanol–water partition coefficient (Wildman–Crippen LogP) is 5.34. The van der Waals surface area contributed by atoms with Crippen LogP contribution < -0.4 is 15.0 Å². The van der Waals surface area contributed by atoms with Crippen molar-refractivity contribution in [2.75, 3.05) is 13.2 Å². The second-order valence-corrected chi connectivity index (χ2v) is 7.77. The minimum absolute atomic E-state index is 0.173. The van der Waals surface area contributed by atoms with Gasteiger partial charge in [-0.2, -0.15) is 0 Å². The Labute approximate surface area is 184 Å². The van der Waals surface area contributed by atoms with Crippen LogP contribution in [-0.4, -0.2) is 18.2 Å². The van der Waals surface area contributed by atoms with E-state index in [1.54, 1.807) is 0 Å². The molecule has 0 fully saturated rings. The van der Waals surface area contributed by atoms with Gasteiger partial charge in [-0.3, -0.25) is 4.79 Å². The highest BCUT2D eigenvalue weighted by Crippen LogP contribution is 2.38. The zero-order valence-corrected chi connectivity index (χ0v) is 17.4. The van der Waals surface area contributed by atoms with Crippen LogP contribution in [0.2, 0.25) is 5.02 Å². The van der Waals surface area contributed by atoms with E-state index in [0.717, 1.165) is 22.1 Å². The van der Waals surface area contributed by atoms with Crippen LogP contribution in [0.15, 0.2) is 71.5 Å². The minimum Gasteiger partial charge on any atom is -0.486 e. The van der Waals surface area contributed by atoms with E-state index in [0.29, 0.717) is 47.4 Å². The normalized spacial score (nSPS) is 12.8. The first-order chi connectivity index (χ1) is 15.2. The van der Waals surface area contributed by atoms with Gasteiger partial charge in [-0.1, -0.05) is 54.1 Å². The van der Waals surface area contributed by atoms with Gasteiger partial charge in [-0.25, -0.2) is 0 Å². The number of benzene rings is 3. The summed E-state index contributed by atoms with van der Waals surface area (Å²) in [4.78, 5) is 16.1. The lowest BCUT2D eigenvalue weighted by Crippen LogP contribution is -2.18. The molecule has 0 atom stereocenters. The lowest BCUT2D eigenvalue weighted by molar-refractivity contribution is 0.107. The molecule has 5 nitrogen and oxygen atoms in total. The van der Waals surface area contributed by atoms with Crippen LogP contribution in [0.3, 0.4) is 0 Å². The second kappa shape index (κ2) is 8.46. The van der Waals surface area contributed by atoms with Crippen molar-refractivity contribution >= 4 is 22.5 Å². The molecule has 1 aliphatic rings. The highest BCUT2D eigenvalue weighted by atomic mass is 35.5. The highest BCUT2D eigenvalue weighted by Gasteiger charge is 2.19. The van der Waals surface area contributed by atoms with Crippen LogP contribution in [0, 0.1) is 0 Å². The molecule has 3 aromatic carbocycles. The Bertz CT molecular complexity index is 1280. The van der Waals surface area contributed by atoms with Gasteiger partial charge in [0.2, 0.25) is 0 Å². The van der Waals surface area contributed by atoms with E-state index in [4.69, 9.17) is 25.8 Å². The first kappa shape index (κ1) is 19.7. The van der Waals surface area contributed by atoms with E-state index in [9.17, 15) is 4.79 Å². The second-order valence-electron chi connectivity index (χ2n) is 7.33. The maximum atomic E-state index is 13.1. The van der Waals surface area contributed by atoms with Crippen LogP contribution in [-0.2, 0) is 18.0 Å². The third-order valence-electron chi connectivity index (χ3n) is 5.27. The number of H-pyrrole nitrogens is 1. The van der Waals surface area contributed by atoms with Crippen LogP contribution in [0.1, 0.15) is 11.1 Å². The number of aromatic nitrogens is 1. The van der Waals surface area contributed by atoms with Crippen molar-refractivity contribution in [3.8, 4) is 22.6 Å². The molecule has 1 aliphatic heterocycles. The lowest BCUT2D eigenvalue weighted by Gasteiger charge is -2.20. The number of fused-ring (bicyclic) bond motifs is 2. The molecule has 0 amide bonds. The topological polar surface area (TPSA) is 60.6 Å². The van der Waals surface area contributed by atoms with Gasteiger partial charge in [0.05, 0.1) is 24.3 Å². The number of nitrogens with one attached hydrogen (secondary N) is 1. The number of ether oxygens (including phenoxy) is 3. The molecule has 5 rings (SSSR count). The van der Waals surface area contributed by atoms with Gasteiger partial charge in [0.1, 0.15) is 13.2 Å². The summed E-state index contributed by atoms with van der Waals surface area (Å²) in [7, 11) is 0. The van der Waals surface area contributed by atoms with Gasteiger partial charge in [0, 0.05) is 22.0 Å². The van der Waals surface area contributed by atoms with E-state index in [2.05, 4.69) is 4.98 Å². The Morgan fingerprint density at radius 2 is 1.61 bits per heavy atom. The summed E-state index contributed by atoms with van der Waals surface area (Å²) in [6, 6.07) is 21.1. The summed E-state index contributed by atoms with van der Waals surface area (Å²) in [5, 5.41) is 1.50. The van der Waals surface area contributed by atoms with Gasteiger partial charge in [0.25, 0.3) is 5.56 Å². The summed E-state index contributed by atoms with van der Waals surface area (Å²) in [5.41, 5.74) is 3.79. The van der Waals surface area contributed by atoms with Gasteiger partial charge < -0.3 is 19.2 Å². The standard InChI is InChI=1S/C25H20ClNO4/c26-18-8-6-17(7-9-18)24-19-12-22-23(31-11-10-30-22)13-21(19)27-25(28)20(24)15-29-14-16-4-2-1-3-5-16/h1-9,12-13H,10-11,14-15H2,(H,27,28). The molecule has 1 N–H and O–H groups in total. The monoisotopic (exact) mass is 433 g/mol. The molecule has 2 heterocycles. The van der Waals surface area contributed by atoms with Crippen molar-refractivity contribution in [2.45, 2.75) is 13.2 Å². The number of hydrogen-bond donors (Lipinski definition) is 1. The van der Waals surface area contributed by atoms with Crippen LogP contribution >= 0.6 is 11.6 Å². The van der Waals surface area contributed by atoms with Crippen molar-refractivity contribution in [2.24, 2.45) is 0 Å². The summed E-state index contributed by atoms with van der Waals surface area (Å²) in [6.45, 7) is 1.56. The molecule has 0 saturated carbocycles. The number of aromatic amines is 1. The summed E-state index contributed by atoms with van der Waals surface area (Å²) >= 11 is 6.11. The molecular weight excluding hydrogens is 414 g/mol. The first-order valence-corrected chi connectivity index (χ1v) is 10.4. The number of rotatable bonds is 5. The van der Waals surface area contributed by atoms with Crippen LogP contribution in [0.25, 0.3) is 22.0 Å². The molecule has 0 bridgehead atoms. The fraction of sp³-hybridized carbons (Fsp3) is 0.160. The number of halogens is 1. The maximum Gasteiger partial charge on any atom is 0.254 e. The summed E-state index contributed by atoms with van der Waals surface area (Å²) in [5.74, 6) is 1.29. The Kier molecular flexibility index (Phi) is 5.37. The third kappa shape index (κ3) is 4.02. The van der Waals surface area contributed by atoms with Crippen LogP contribution in [0.5, 0.6) is 11.5 Å². The molecule has 156 valence electrons. The molecular formula is C25H20ClNO4. The van der Waals surface area contributed by atoms with Crippen molar-refractivity contribution in [3.63, 3.8) is 0 Å². The predicted molar refractivity (Wildman–Crippen MR) is 121 cm³/mol. The van der Waals surface area contributed by atoms with Gasteiger partial charge >= 0.3 is 0 Å². The Morgan fingerprint density at radius 1 is 0.903 bits per heavy atom. The largest absolute Gasteiger partial charge is 0.486 e. The zero-order valence-electron chi connectivity index (χ0n) is 16.7. The van der Waals surface area contributed by atoms with Crippen molar-refractivity contribution < 1.29 is 14.2 Å². The quantitative estimate of drug-likeness (QED) is 0.461. The van der Waals surface area contributed by atoms with E-state index in [-0.39, 0.29) is 12.2 Å². The molecule has 4 aromatic rings. The number of pyridine rings is 1. The number of hydrogen-bond acceptors (Lipinski definition) is 4. The average Bonchev–Trinajstić information content (AvgIpc) is 2.79. The molecule has 31 heavy (non-hydrogen) atoms. The van der Waals surface area contributed by atoms with Crippen molar-refractivity contribution in [1.29, 1.82) is 0 Å². The van der Waals surface area contributed by atoms with Gasteiger partial charge in [-0.05, 0) is 29.3 Å². The maximum absolute atomic E-state index is 13.1. The average molecular weight is 434 g/mol. The zero-order chi connectivity index (χ0) is 21.2. The SMILES string of the molecule is O=c1[nH]c2cc3c(cc2c(-c2ccc(Cl)cc2)c1COCc1ccccc1)OCCO3. The molecule has 0 unspecified atom stereocenters. The Balaban J connectivity index is 1.62. The summed E-state index contributed by atoms with van der Waals surface area (Å²) < 4.78 is 17.4. The Hall–Kier alpha value is -3.28. The van der Waals surface area contributed by atoms with E-state index in [1.807, 2.05) is 66.7 Å². The minimum atomic E-state index is -0.192. The van der Waals surface area contributed by atoms with E-state index >= 15 is 0 Å². The fourth-order valence-electron chi connectivity index (χ4n) is 3.80. The molecule has 0 aliphatic carbocycles. The molecule has 1 aromatic heterocycles. The van der Waals surface area contributed by atoms with E-state index < -0.39 is 0 Å². The first-order valence-electron chi connectivity index (χ1n) is 10.0. The van der Waals surface area contributed by atoms with E-state index in [1.165, 1.54) is 0 Å². The molecule has 0 spiro atoms. The van der Waals surface area contributed by atoms with Crippen molar-refractivity contribution in [3.05, 3.63) is 93.2 Å².